The van der Waals surface area contributed by atoms with Gasteiger partial charge in [-0.25, -0.2) is 0 Å². The number of rotatable bonds is 7. The van der Waals surface area contributed by atoms with Gasteiger partial charge in [0.2, 0.25) is 0 Å². The van der Waals surface area contributed by atoms with E-state index in [9.17, 15) is 0 Å². The second kappa shape index (κ2) is 7.84. The molecule has 2 heteroatoms. The summed E-state index contributed by atoms with van der Waals surface area (Å²) in [5.41, 5.74) is 3.97. The molecule has 0 aromatic heterocycles. The standard InChI is InChI=1S/C19H25NO/c1-4-16-9-11-17(12-10-16)14-20-15(2)13-18-7-5-6-8-19(18)21-3/h5-12,15,20H,4,13-14H2,1-3H3. The van der Waals surface area contributed by atoms with Gasteiger partial charge in [-0.2, -0.15) is 0 Å². The fraction of sp³-hybridized carbons (Fsp3) is 0.368. The van der Waals surface area contributed by atoms with Crippen LogP contribution < -0.4 is 10.1 Å². The van der Waals surface area contributed by atoms with Crippen LogP contribution in [0.3, 0.4) is 0 Å². The Labute approximate surface area is 128 Å². The van der Waals surface area contributed by atoms with Crippen LogP contribution in [0.2, 0.25) is 0 Å². The molecule has 0 fully saturated rings. The molecule has 0 saturated heterocycles. The fourth-order valence-electron chi connectivity index (χ4n) is 2.46. The monoisotopic (exact) mass is 283 g/mol. The molecule has 0 aliphatic carbocycles. The molecular formula is C19H25NO. The summed E-state index contributed by atoms with van der Waals surface area (Å²) in [5.74, 6) is 0.971. The zero-order valence-electron chi connectivity index (χ0n) is 13.2. The van der Waals surface area contributed by atoms with Crippen molar-refractivity contribution in [1.82, 2.24) is 5.32 Å². The Morgan fingerprint density at radius 2 is 1.67 bits per heavy atom. The SMILES string of the molecule is CCc1ccc(CNC(C)Cc2ccccc2OC)cc1. The Bertz CT molecular complexity index is 548. The summed E-state index contributed by atoms with van der Waals surface area (Å²) in [7, 11) is 1.73. The van der Waals surface area contributed by atoms with E-state index in [2.05, 4.69) is 55.6 Å². The van der Waals surface area contributed by atoms with Gasteiger partial charge in [-0.1, -0.05) is 49.4 Å². The second-order valence-corrected chi connectivity index (χ2v) is 5.47. The number of hydrogen-bond acceptors (Lipinski definition) is 2. The van der Waals surface area contributed by atoms with E-state index in [1.54, 1.807) is 7.11 Å². The Balaban J connectivity index is 1.87. The number of hydrogen-bond donors (Lipinski definition) is 1. The zero-order chi connectivity index (χ0) is 15.1. The highest BCUT2D eigenvalue weighted by molar-refractivity contribution is 5.33. The summed E-state index contributed by atoms with van der Waals surface area (Å²) in [4.78, 5) is 0. The number of benzene rings is 2. The molecule has 0 heterocycles. The smallest absolute Gasteiger partial charge is 0.122 e. The first-order valence-electron chi connectivity index (χ1n) is 7.66. The van der Waals surface area contributed by atoms with Crippen molar-refractivity contribution in [3.05, 3.63) is 65.2 Å². The second-order valence-electron chi connectivity index (χ2n) is 5.47. The van der Waals surface area contributed by atoms with Gasteiger partial charge in [-0.05, 0) is 42.5 Å². The Kier molecular flexibility index (Phi) is 5.82. The van der Waals surface area contributed by atoms with Gasteiger partial charge in [0, 0.05) is 12.6 Å². The average Bonchev–Trinajstić information content (AvgIpc) is 2.54. The molecule has 0 aliphatic rings. The lowest BCUT2D eigenvalue weighted by Crippen LogP contribution is -2.27. The van der Waals surface area contributed by atoms with E-state index < -0.39 is 0 Å². The minimum Gasteiger partial charge on any atom is -0.496 e. The molecule has 1 atom stereocenters. The lowest BCUT2D eigenvalue weighted by atomic mass is 10.1. The largest absolute Gasteiger partial charge is 0.496 e. The maximum Gasteiger partial charge on any atom is 0.122 e. The summed E-state index contributed by atoms with van der Waals surface area (Å²) in [6.45, 7) is 5.30. The third-order valence-corrected chi connectivity index (χ3v) is 3.80. The molecule has 21 heavy (non-hydrogen) atoms. The van der Waals surface area contributed by atoms with Crippen LogP contribution in [0.25, 0.3) is 0 Å². The van der Waals surface area contributed by atoms with Crippen molar-refractivity contribution in [1.29, 1.82) is 0 Å². The van der Waals surface area contributed by atoms with E-state index in [0.29, 0.717) is 6.04 Å². The van der Waals surface area contributed by atoms with Crippen LogP contribution in [0.5, 0.6) is 5.75 Å². The predicted molar refractivity (Wildman–Crippen MR) is 88.8 cm³/mol. The highest BCUT2D eigenvalue weighted by Crippen LogP contribution is 2.19. The van der Waals surface area contributed by atoms with Crippen molar-refractivity contribution in [3.63, 3.8) is 0 Å². The summed E-state index contributed by atoms with van der Waals surface area (Å²) in [6.07, 6.45) is 2.06. The van der Waals surface area contributed by atoms with Gasteiger partial charge >= 0.3 is 0 Å². The lowest BCUT2D eigenvalue weighted by Gasteiger charge is -2.16. The highest BCUT2D eigenvalue weighted by Gasteiger charge is 2.07. The van der Waals surface area contributed by atoms with Crippen molar-refractivity contribution in [2.45, 2.75) is 39.3 Å². The van der Waals surface area contributed by atoms with Crippen LogP contribution in [0.4, 0.5) is 0 Å². The molecule has 112 valence electrons. The van der Waals surface area contributed by atoms with E-state index in [1.807, 2.05) is 12.1 Å². The first-order chi connectivity index (χ1) is 10.2. The van der Waals surface area contributed by atoms with Crippen molar-refractivity contribution >= 4 is 0 Å². The van der Waals surface area contributed by atoms with Crippen molar-refractivity contribution in [3.8, 4) is 5.75 Å². The van der Waals surface area contributed by atoms with Crippen LogP contribution in [0.15, 0.2) is 48.5 Å². The van der Waals surface area contributed by atoms with E-state index in [4.69, 9.17) is 4.74 Å². The van der Waals surface area contributed by atoms with Crippen molar-refractivity contribution in [2.24, 2.45) is 0 Å². The van der Waals surface area contributed by atoms with Crippen LogP contribution in [-0.4, -0.2) is 13.2 Å². The van der Waals surface area contributed by atoms with Gasteiger partial charge in [-0.15, -0.1) is 0 Å². The Morgan fingerprint density at radius 1 is 1.00 bits per heavy atom. The molecule has 2 nitrogen and oxygen atoms in total. The molecule has 2 aromatic rings. The highest BCUT2D eigenvalue weighted by atomic mass is 16.5. The first kappa shape index (κ1) is 15.6. The molecule has 0 saturated carbocycles. The number of aryl methyl sites for hydroxylation is 1. The Hall–Kier alpha value is -1.80. The number of nitrogens with one attached hydrogen (secondary N) is 1. The topological polar surface area (TPSA) is 21.3 Å². The third-order valence-electron chi connectivity index (χ3n) is 3.80. The third kappa shape index (κ3) is 4.61. The van der Waals surface area contributed by atoms with Gasteiger partial charge in [0.15, 0.2) is 0 Å². The van der Waals surface area contributed by atoms with E-state index >= 15 is 0 Å². The fourth-order valence-corrected chi connectivity index (χ4v) is 2.46. The van der Waals surface area contributed by atoms with Crippen LogP contribution in [-0.2, 0) is 19.4 Å². The summed E-state index contributed by atoms with van der Waals surface area (Å²) >= 11 is 0. The van der Waals surface area contributed by atoms with Gasteiger partial charge in [-0.3, -0.25) is 0 Å². The molecule has 0 bridgehead atoms. The van der Waals surface area contributed by atoms with E-state index in [-0.39, 0.29) is 0 Å². The molecule has 0 aliphatic heterocycles. The summed E-state index contributed by atoms with van der Waals surface area (Å²) < 4.78 is 5.41. The zero-order valence-corrected chi connectivity index (χ0v) is 13.2. The van der Waals surface area contributed by atoms with Crippen LogP contribution >= 0.6 is 0 Å². The number of para-hydroxylation sites is 1. The summed E-state index contributed by atoms with van der Waals surface area (Å²) in [6, 6.07) is 17.5. The average molecular weight is 283 g/mol. The van der Waals surface area contributed by atoms with Crippen molar-refractivity contribution < 1.29 is 4.74 Å². The molecule has 0 spiro atoms. The van der Waals surface area contributed by atoms with Gasteiger partial charge in [0.1, 0.15) is 5.75 Å². The van der Waals surface area contributed by atoms with E-state index in [0.717, 1.165) is 25.1 Å². The number of methoxy groups -OCH3 is 1. The normalized spacial score (nSPS) is 12.1. The van der Waals surface area contributed by atoms with Crippen LogP contribution in [0.1, 0.15) is 30.5 Å². The van der Waals surface area contributed by atoms with Crippen molar-refractivity contribution in [2.75, 3.05) is 7.11 Å². The Morgan fingerprint density at radius 3 is 2.33 bits per heavy atom. The van der Waals surface area contributed by atoms with Crippen LogP contribution in [0, 0.1) is 0 Å². The summed E-state index contributed by atoms with van der Waals surface area (Å²) in [5, 5.41) is 3.58. The maximum absolute atomic E-state index is 5.41. The van der Waals surface area contributed by atoms with Gasteiger partial charge in [0.05, 0.1) is 7.11 Å². The molecule has 1 unspecified atom stereocenters. The molecule has 2 rings (SSSR count). The molecule has 1 N–H and O–H groups in total. The molecule has 2 aromatic carbocycles. The molecule has 0 amide bonds. The van der Waals surface area contributed by atoms with Gasteiger partial charge in [0.25, 0.3) is 0 Å². The quantitative estimate of drug-likeness (QED) is 0.830. The molecular weight excluding hydrogens is 258 g/mol. The minimum absolute atomic E-state index is 0.409. The number of ether oxygens (including phenoxy) is 1. The van der Waals surface area contributed by atoms with Gasteiger partial charge < -0.3 is 10.1 Å². The minimum atomic E-state index is 0.409. The lowest BCUT2D eigenvalue weighted by molar-refractivity contribution is 0.406. The predicted octanol–water partition coefficient (Wildman–Crippen LogP) is 3.98. The first-order valence-corrected chi connectivity index (χ1v) is 7.66. The molecule has 0 radical (unpaired) electrons. The maximum atomic E-state index is 5.41. The van der Waals surface area contributed by atoms with E-state index in [1.165, 1.54) is 16.7 Å².